The first-order valence-electron chi connectivity index (χ1n) is 9.84. The van der Waals surface area contributed by atoms with E-state index in [9.17, 15) is 9.59 Å². The maximum atomic E-state index is 13.3. The Labute approximate surface area is 170 Å². The quantitative estimate of drug-likeness (QED) is 0.784. The number of hydrogen-bond donors (Lipinski definition) is 1. The number of aryl methyl sites for hydroxylation is 2. The van der Waals surface area contributed by atoms with Crippen molar-refractivity contribution in [2.75, 3.05) is 7.11 Å². The molecule has 1 aliphatic heterocycles. The van der Waals surface area contributed by atoms with E-state index in [1.54, 1.807) is 0 Å². The lowest BCUT2D eigenvalue weighted by Crippen LogP contribution is -2.35. The monoisotopic (exact) mass is 391 g/mol. The van der Waals surface area contributed by atoms with Crippen LogP contribution in [0.3, 0.4) is 0 Å². The molecule has 0 bridgehead atoms. The minimum atomic E-state index is -0.543. The second-order valence-corrected chi connectivity index (χ2v) is 7.87. The van der Waals surface area contributed by atoms with Crippen LogP contribution in [-0.2, 0) is 14.3 Å². The maximum Gasteiger partial charge on any atom is 0.336 e. The fraction of sp³-hybridized carbons (Fsp3) is 0.333. The molecular formula is C24H25NO4. The van der Waals surface area contributed by atoms with Crippen LogP contribution >= 0.6 is 0 Å². The van der Waals surface area contributed by atoms with Crippen molar-refractivity contribution >= 4 is 11.8 Å². The van der Waals surface area contributed by atoms with Crippen LogP contribution < -0.4 is 5.32 Å². The highest BCUT2D eigenvalue weighted by atomic mass is 16.5. The van der Waals surface area contributed by atoms with Crippen LogP contribution in [0.5, 0.6) is 0 Å². The Morgan fingerprint density at radius 2 is 1.79 bits per heavy atom. The van der Waals surface area contributed by atoms with Gasteiger partial charge < -0.3 is 14.5 Å². The van der Waals surface area contributed by atoms with Gasteiger partial charge in [-0.2, -0.15) is 0 Å². The summed E-state index contributed by atoms with van der Waals surface area (Å²) in [7, 11) is 1.35. The molecule has 4 rings (SSSR count). The summed E-state index contributed by atoms with van der Waals surface area (Å²) in [6, 6.07) is 12.0. The van der Waals surface area contributed by atoms with Crippen molar-refractivity contribution in [3.8, 4) is 0 Å². The van der Waals surface area contributed by atoms with E-state index in [-0.39, 0.29) is 11.7 Å². The molecule has 1 aromatic heterocycles. The van der Waals surface area contributed by atoms with E-state index >= 15 is 0 Å². The summed E-state index contributed by atoms with van der Waals surface area (Å²) >= 11 is 0. The second kappa shape index (κ2) is 7.39. The van der Waals surface area contributed by atoms with Crippen molar-refractivity contribution in [2.45, 2.75) is 45.4 Å². The number of benzene rings is 1. The lowest BCUT2D eigenvalue weighted by molar-refractivity contribution is -0.136. The summed E-state index contributed by atoms with van der Waals surface area (Å²) < 4.78 is 10.9. The summed E-state index contributed by atoms with van der Waals surface area (Å²) in [6.45, 7) is 5.75. The van der Waals surface area contributed by atoms with Crippen LogP contribution in [0.1, 0.15) is 54.2 Å². The number of allylic oxidation sites excluding steroid dienone is 3. The second-order valence-electron chi connectivity index (χ2n) is 7.87. The molecule has 0 amide bonds. The largest absolute Gasteiger partial charge is 0.466 e. The van der Waals surface area contributed by atoms with Gasteiger partial charge in [-0.15, -0.1) is 0 Å². The van der Waals surface area contributed by atoms with E-state index in [0.29, 0.717) is 35.4 Å². The zero-order valence-electron chi connectivity index (χ0n) is 17.2. The number of nitrogens with one attached hydrogen (secondary N) is 1. The molecule has 150 valence electrons. The Hall–Kier alpha value is -3.08. The summed E-state index contributed by atoms with van der Waals surface area (Å²) in [5, 5.41) is 3.33. The molecule has 0 saturated heterocycles. The van der Waals surface area contributed by atoms with E-state index in [0.717, 1.165) is 17.0 Å². The van der Waals surface area contributed by atoms with Gasteiger partial charge >= 0.3 is 5.97 Å². The molecule has 2 heterocycles. The fourth-order valence-electron chi connectivity index (χ4n) is 4.39. The Morgan fingerprint density at radius 1 is 1.07 bits per heavy atom. The molecule has 5 heteroatoms. The van der Waals surface area contributed by atoms with E-state index in [2.05, 4.69) is 36.5 Å². The highest BCUT2D eigenvalue weighted by Gasteiger charge is 2.42. The average molecular weight is 391 g/mol. The zero-order chi connectivity index (χ0) is 20.7. The number of carbonyl (C=O) groups excluding carboxylic acids is 2. The fourth-order valence-corrected chi connectivity index (χ4v) is 4.39. The highest BCUT2D eigenvalue weighted by molar-refractivity contribution is 6.04. The number of dihydropyridines is 1. The topological polar surface area (TPSA) is 68.5 Å². The molecule has 0 fully saturated rings. The molecule has 29 heavy (non-hydrogen) atoms. The van der Waals surface area contributed by atoms with Crippen molar-refractivity contribution in [1.29, 1.82) is 0 Å². The molecule has 0 unspecified atom stereocenters. The van der Waals surface area contributed by atoms with Gasteiger partial charge in [-0.1, -0.05) is 29.8 Å². The minimum Gasteiger partial charge on any atom is -0.466 e. The summed E-state index contributed by atoms with van der Waals surface area (Å²) in [5.74, 6) is 0.493. The van der Waals surface area contributed by atoms with Gasteiger partial charge in [0.2, 0.25) is 0 Å². The number of hydrogen-bond acceptors (Lipinski definition) is 5. The third-order valence-electron chi connectivity index (χ3n) is 5.83. The van der Waals surface area contributed by atoms with Crippen molar-refractivity contribution in [3.63, 3.8) is 0 Å². The minimum absolute atomic E-state index is 0.0391. The van der Waals surface area contributed by atoms with Crippen molar-refractivity contribution in [3.05, 3.63) is 81.6 Å². The van der Waals surface area contributed by atoms with E-state index in [1.807, 2.05) is 26.0 Å². The number of ether oxygens (including phenoxy) is 1. The Balaban J connectivity index is 1.78. The highest BCUT2D eigenvalue weighted by Crippen LogP contribution is 2.45. The van der Waals surface area contributed by atoms with Crippen molar-refractivity contribution in [2.24, 2.45) is 0 Å². The van der Waals surface area contributed by atoms with E-state index < -0.39 is 11.9 Å². The molecule has 0 radical (unpaired) electrons. The smallest absolute Gasteiger partial charge is 0.336 e. The molecule has 1 aromatic carbocycles. The van der Waals surface area contributed by atoms with Crippen LogP contribution in [0, 0.1) is 13.8 Å². The predicted octanol–water partition coefficient (Wildman–Crippen LogP) is 4.43. The van der Waals surface area contributed by atoms with Gasteiger partial charge in [0, 0.05) is 23.4 Å². The van der Waals surface area contributed by atoms with Crippen LogP contribution in [0.25, 0.3) is 0 Å². The maximum absolute atomic E-state index is 13.3. The van der Waals surface area contributed by atoms with Gasteiger partial charge in [0.15, 0.2) is 5.78 Å². The number of Topliss-reactive ketones (excluding diaryl/α,β-unsaturated/α-hetero) is 1. The first kappa shape index (κ1) is 19.2. The van der Waals surface area contributed by atoms with E-state index in [1.165, 1.54) is 12.7 Å². The Morgan fingerprint density at radius 3 is 2.41 bits per heavy atom. The Kier molecular flexibility index (Phi) is 4.91. The molecule has 1 N–H and O–H groups in total. The summed E-state index contributed by atoms with van der Waals surface area (Å²) in [6.07, 6.45) is 1.12. The van der Waals surface area contributed by atoms with Crippen molar-refractivity contribution in [1.82, 2.24) is 5.32 Å². The molecule has 1 aliphatic carbocycles. The SMILES string of the molecule is COC(=O)C1=C(C)NC2=C(C(=O)C[C@@H](c3ccc(C)cc3)C2)[C@H]1c1ccc(C)o1. The first-order chi connectivity index (χ1) is 13.9. The number of furan rings is 1. The van der Waals surface area contributed by atoms with E-state index in [4.69, 9.17) is 9.15 Å². The van der Waals surface area contributed by atoms with Gasteiger partial charge in [-0.05, 0) is 50.8 Å². The normalized spacial score (nSPS) is 21.7. The number of esters is 1. The predicted molar refractivity (Wildman–Crippen MR) is 109 cm³/mol. The molecule has 0 saturated carbocycles. The van der Waals surface area contributed by atoms with Gasteiger partial charge in [0.25, 0.3) is 0 Å². The Bertz CT molecular complexity index is 1040. The molecule has 2 aromatic rings. The molecule has 5 nitrogen and oxygen atoms in total. The number of rotatable bonds is 3. The number of ketones is 1. The third kappa shape index (κ3) is 3.41. The molecule has 2 aliphatic rings. The van der Waals surface area contributed by atoms with Gasteiger partial charge in [0.1, 0.15) is 11.5 Å². The van der Waals surface area contributed by atoms with Gasteiger partial charge in [-0.25, -0.2) is 4.79 Å². The van der Waals surface area contributed by atoms with Crippen LogP contribution in [0.4, 0.5) is 0 Å². The number of carbonyl (C=O) groups is 2. The van der Waals surface area contributed by atoms with Crippen LogP contribution in [0.15, 0.2) is 63.4 Å². The third-order valence-corrected chi connectivity index (χ3v) is 5.83. The molecule has 2 atom stereocenters. The lowest BCUT2D eigenvalue weighted by Gasteiger charge is -2.35. The zero-order valence-corrected chi connectivity index (χ0v) is 17.2. The molecular weight excluding hydrogens is 366 g/mol. The average Bonchev–Trinajstić information content (AvgIpc) is 3.12. The number of methoxy groups -OCH3 is 1. The van der Waals surface area contributed by atoms with Gasteiger partial charge in [0.05, 0.1) is 18.6 Å². The molecule has 0 spiro atoms. The summed E-state index contributed by atoms with van der Waals surface area (Å²) in [4.78, 5) is 25.9. The first-order valence-corrected chi connectivity index (χ1v) is 9.84. The standard InChI is InChI=1S/C24H25NO4/c1-13-5-8-16(9-6-13)17-11-18-22(19(26)12-17)23(20-10-7-14(2)29-20)21(15(3)25-18)24(27)28-4/h5-10,17,23,25H,11-12H2,1-4H3/t17-,23-/m0/s1. The van der Waals surface area contributed by atoms with Gasteiger partial charge in [-0.3, -0.25) is 4.79 Å². The van der Waals surface area contributed by atoms with Crippen LogP contribution in [-0.4, -0.2) is 18.9 Å². The summed E-state index contributed by atoms with van der Waals surface area (Å²) in [5.41, 5.74) is 4.98. The lowest BCUT2D eigenvalue weighted by atomic mass is 9.73. The van der Waals surface area contributed by atoms with Crippen molar-refractivity contribution < 1.29 is 18.7 Å². The van der Waals surface area contributed by atoms with Crippen LogP contribution in [0.2, 0.25) is 0 Å².